The van der Waals surface area contributed by atoms with Gasteiger partial charge in [-0.3, -0.25) is 0 Å². The summed E-state index contributed by atoms with van der Waals surface area (Å²) >= 11 is 5.79. The summed E-state index contributed by atoms with van der Waals surface area (Å²) in [5.41, 5.74) is 8.66. The number of aromatic nitrogens is 2. The second-order valence-electron chi connectivity index (χ2n) is 4.00. The molecule has 0 saturated heterocycles. The first-order valence-corrected chi connectivity index (χ1v) is 6.10. The molecule has 0 fully saturated rings. The molecular formula is C13H15ClN4. The molecular weight excluding hydrogens is 248 g/mol. The summed E-state index contributed by atoms with van der Waals surface area (Å²) in [4.78, 5) is 9.88. The largest absolute Gasteiger partial charge is 0.394 e. The van der Waals surface area contributed by atoms with Crippen molar-refractivity contribution in [2.24, 2.45) is 0 Å². The summed E-state index contributed by atoms with van der Waals surface area (Å²) in [5.74, 6) is 0.610. The second-order valence-corrected chi connectivity index (χ2v) is 4.34. The van der Waals surface area contributed by atoms with Gasteiger partial charge in [0, 0.05) is 12.7 Å². The zero-order valence-electron chi connectivity index (χ0n) is 10.4. The molecule has 0 bridgehead atoms. The van der Waals surface area contributed by atoms with Crippen LogP contribution in [0.3, 0.4) is 0 Å². The van der Waals surface area contributed by atoms with Gasteiger partial charge in [0.15, 0.2) is 5.82 Å². The van der Waals surface area contributed by atoms with E-state index in [1.807, 2.05) is 24.1 Å². The van der Waals surface area contributed by atoms with Crippen molar-refractivity contribution in [2.75, 3.05) is 17.7 Å². The van der Waals surface area contributed by atoms with Crippen LogP contribution in [-0.2, 0) is 6.42 Å². The molecule has 1 aromatic heterocycles. The molecule has 1 heterocycles. The molecule has 0 unspecified atom stereocenters. The summed E-state index contributed by atoms with van der Waals surface area (Å²) < 4.78 is 0. The van der Waals surface area contributed by atoms with Gasteiger partial charge in [0.25, 0.3) is 0 Å². The van der Waals surface area contributed by atoms with E-state index in [0.29, 0.717) is 11.5 Å². The number of aryl methyl sites for hydroxylation is 1. The number of anilines is 3. The Kier molecular flexibility index (Phi) is 3.67. The van der Waals surface area contributed by atoms with Crippen LogP contribution in [0.15, 0.2) is 30.5 Å². The lowest BCUT2D eigenvalue weighted by molar-refractivity contribution is 1.08. The fourth-order valence-corrected chi connectivity index (χ4v) is 1.84. The minimum absolute atomic E-state index is 0.191. The molecule has 0 saturated carbocycles. The predicted molar refractivity (Wildman–Crippen MR) is 75.3 cm³/mol. The van der Waals surface area contributed by atoms with Crippen LogP contribution in [0, 0.1) is 0 Å². The van der Waals surface area contributed by atoms with E-state index in [9.17, 15) is 0 Å². The Bertz CT molecular complexity index is 539. The molecule has 1 aromatic carbocycles. The van der Waals surface area contributed by atoms with Crippen LogP contribution in [-0.4, -0.2) is 17.0 Å². The van der Waals surface area contributed by atoms with Gasteiger partial charge in [-0.1, -0.05) is 19.1 Å². The molecule has 94 valence electrons. The smallest absolute Gasteiger partial charge is 0.224 e. The highest BCUT2D eigenvalue weighted by molar-refractivity contribution is 6.28. The van der Waals surface area contributed by atoms with Crippen molar-refractivity contribution in [3.63, 3.8) is 0 Å². The predicted octanol–water partition coefficient (Wildman–Crippen LogP) is 3.04. The van der Waals surface area contributed by atoms with E-state index in [-0.39, 0.29) is 5.28 Å². The molecule has 0 aliphatic rings. The van der Waals surface area contributed by atoms with Gasteiger partial charge in [-0.25, -0.2) is 4.98 Å². The number of nitrogens with zero attached hydrogens (tertiary/aromatic N) is 3. The average molecular weight is 263 g/mol. The summed E-state index contributed by atoms with van der Waals surface area (Å²) in [6.07, 6.45) is 2.53. The Hall–Kier alpha value is -1.81. The molecule has 5 heteroatoms. The number of benzene rings is 1. The summed E-state index contributed by atoms with van der Waals surface area (Å²) in [6.45, 7) is 2.13. The molecule has 0 radical (unpaired) electrons. The lowest BCUT2D eigenvalue weighted by Crippen LogP contribution is -2.14. The van der Waals surface area contributed by atoms with E-state index in [4.69, 9.17) is 17.3 Å². The van der Waals surface area contributed by atoms with E-state index in [2.05, 4.69) is 29.0 Å². The highest BCUT2D eigenvalue weighted by Gasteiger charge is 2.10. The maximum atomic E-state index is 5.86. The molecule has 18 heavy (non-hydrogen) atoms. The van der Waals surface area contributed by atoms with Gasteiger partial charge < -0.3 is 10.6 Å². The van der Waals surface area contributed by atoms with E-state index >= 15 is 0 Å². The third-order valence-electron chi connectivity index (χ3n) is 2.82. The van der Waals surface area contributed by atoms with Crippen LogP contribution < -0.4 is 10.6 Å². The lowest BCUT2D eigenvalue weighted by Gasteiger charge is -2.20. The SMILES string of the molecule is CCc1ccc(N(C)c2nc(Cl)ncc2N)cc1. The molecule has 0 spiro atoms. The Labute approximate surface area is 111 Å². The van der Waals surface area contributed by atoms with Crippen LogP contribution in [0.4, 0.5) is 17.2 Å². The molecule has 0 atom stereocenters. The van der Waals surface area contributed by atoms with Crippen molar-refractivity contribution in [1.82, 2.24) is 9.97 Å². The van der Waals surface area contributed by atoms with Crippen molar-refractivity contribution in [3.8, 4) is 0 Å². The highest BCUT2D eigenvalue weighted by Crippen LogP contribution is 2.27. The molecule has 0 aliphatic heterocycles. The monoisotopic (exact) mass is 262 g/mol. The number of hydrogen-bond donors (Lipinski definition) is 1. The summed E-state index contributed by atoms with van der Waals surface area (Å²) in [7, 11) is 1.90. The van der Waals surface area contributed by atoms with Gasteiger partial charge in [0.2, 0.25) is 5.28 Å². The van der Waals surface area contributed by atoms with Crippen molar-refractivity contribution in [3.05, 3.63) is 41.3 Å². The van der Waals surface area contributed by atoms with Crippen molar-refractivity contribution in [2.45, 2.75) is 13.3 Å². The molecule has 0 aliphatic carbocycles. The van der Waals surface area contributed by atoms with Crippen LogP contribution in [0.5, 0.6) is 0 Å². The summed E-state index contributed by atoms with van der Waals surface area (Å²) in [5, 5.41) is 0.191. The zero-order chi connectivity index (χ0) is 13.1. The van der Waals surface area contributed by atoms with Gasteiger partial charge in [-0.2, -0.15) is 4.98 Å². The van der Waals surface area contributed by atoms with Crippen molar-refractivity contribution >= 4 is 28.8 Å². The number of rotatable bonds is 3. The third kappa shape index (κ3) is 2.54. The topological polar surface area (TPSA) is 55.0 Å². The van der Waals surface area contributed by atoms with Gasteiger partial charge in [-0.15, -0.1) is 0 Å². The first-order valence-electron chi connectivity index (χ1n) is 5.72. The van der Waals surface area contributed by atoms with Crippen LogP contribution in [0.25, 0.3) is 0 Å². The molecule has 0 amide bonds. The van der Waals surface area contributed by atoms with Crippen molar-refractivity contribution < 1.29 is 0 Å². The third-order valence-corrected chi connectivity index (χ3v) is 3.00. The lowest BCUT2D eigenvalue weighted by atomic mass is 10.1. The van der Waals surface area contributed by atoms with Gasteiger partial charge in [0.1, 0.15) is 0 Å². The second kappa shape index (κ2) is 5.23. The zero-order valence-corrected chi connectivity index (χ0v) is 11.1. The fraction of sp³-hybridized carbons (Fsp3) is 0.231. The summed E-state index contributed by atoms with van der Waals surface area (Å²) in [6, 6.07) is 8.25. The van der Waals surface area contributed by atoms with Gasteiger partial charge in [-0.05, 0) is 35.7 Å². The number of nitrogen functional groups attached to an aromatic ring is 1. The molecule has 2 N–H and O–H groups in total. The minimum Gasteiger partial charge on any atom is -0.394 e. The minimum atomic E-state index is 0.191. The van der Waals surface area contributed by atoms with Crippen LogP contribution in [0.2, 0.25) is 5.28 Å². The number of hydrogen-bond acceptors (Lipinski definition) is 4. The van der Waals surface area contributed by atoms with Crippen LogP contribution >= 0.6 is 11.6 Å². The maximum absolute atomic E-state index is 5.86. The van der Waals surface area contributed by atoms with E-state index in [1.54, 1.807) is 0 Å². The van der Waals surface area contributed by atoms with Crippen LogP contribution in [0.1, 0.15) is 12.5 Å². The van der Waals surface area contributed by atoms with Gasteiger partial charge in [0.05, 0.1) is 11.9 Å². The molecule has 4 nitrogen and oxygen atoms in total. The number of nitrogens with two attached hydrogens (primary N) is 1. The van der Waals surface area contributed by atoms with Crippen molar-refractivity contribution in [1.29, 1.82) is 0 Å². The first kappa shape index (κ1) is 12.6. The Morgan fingerprint density at radius 1 is 1.28 bits per heavy atom. The first-order chi connectivity index (χ1) is 8.61. The quantitative estimate of drug-likeness (QED) is 0.864. The molecule has 2 rings (SSSR count). The number of halogens is 1. The Balaban J connectivity index is 2.34. The average Bonchev–Trinajstić information content (AvgIpc) is 2.41. The van der Waals surface area contributed by atoms with Gasteiger partial charge >= 0.3 is 0 Å². The fourth-order valence-electron chi connectivity index (χ4n) is 1.71. The Morgan fingerprint density at radius 2 is 1.94 bits per heavy atom. The molecule has 2 aromatic rings. The Morgan fingerprint density at radius 3 is 2.56 bits per heavy atom. The maximum Gasteiger partial charge on any atom is 0.224 e. The van der Waals surface area contributed by atoms with E-state index in [1.165, 1.54) is 11.8 Å². The standard InChI is InChI=1S/C13H15ClN4/c1-3-9-4-6-10(7-5-9)18(2)12-11(15)8-16-13(14)17-12/h4-8H,3,15H2,1-2H3. The normalized spacial score (nSPS) is 10.4. The van der Waals surface area contributed by atoms with E-state index in [0.717, 1.165) is 12.1 Å². The highest BCUT2D eigenvalue weighted by atomic mass is 35.5. The van der Waals surface area contributed by atoms with E-state index < -0.39 is 0 Å².